The summed E-state index contributed by atoms with van der Waals surface area (Å²) in [6, 6.07) is 5.18. The Labute approximate surface area is 80.3 Å². The smallest absolute Gasteiger partial charge is 0.238 e. The van der Waals surface area contributed by atoms with Gasteiger partial charge in [0.15, 0.2) is 0 Å². The van der Waals surface area contributed by atoms with Gasteiger partial charge in [-0.25, -0.2) is 10.4 Å². The van der Waals surface area contributed by atoms with Gasteiger partial charge in [-0.1, -0.05) is 6.07 Å². The predicted octanol–water partition coefficient (Wildman–Crippen LogP) is -1.82. The standard InChI is InChI=1S/C5H5N3O.Na/c9-8-7-5-3-1-2-4-6-5;/h1-4H,(H,6,7,9);/q;+1. The molecule has 0 bridgehead atoms. The van der Waals surface area contributed by atoms with Crippen molar-refractivity contribution in [2.45, 2.75) is 0 Å². The molecule has 0 spiro atoms. The maximum absolute atomic E-state index is 9.57. The van der Waals surface area contributed by atoms with Gasteiger partial charge in [-0.15, -0.1) is 4.91 Å². The number of hydrogen-bond donors (Lipinski definition) is 1. The summed E-state index contributed by atoms with van der Waals surface area (Å²) in [6.07, 6.45) is 1.58. The van der Waals surface area contributed by atoms with Crippen molar-refractivity contribution in [1.82, 2.24) is 4.98 Å². The molecule has 1 rings (SSSR count). The molecule has 0 aliphatic rings. The van der Waals surface area contributed by atoms with Crippen molar-refractivity contribution in [2.24, 2.45) is 5.29 Å². The third kappa shape index (κ3) is 2.91. The van der Waals surface area contributed by atoms with Crippen molar-refractivity contribution in [2.75, 3.05) is 5.43 Å². The van der Waals surface area contributed by atoms with E-state index < -0.39 is 0 Å². The fraction of sp³-hybridized carbons (Fsp3) is 0. The number of nitroso groups, excluding NO2 is 1. The van der Waals surface area contributed by atoms with E-state index in [1.807, 2.05) is 0 Å². The average molecular weight is 146 g/mol. The third-order valence-electron chi connectivity index (χ3n) is 0.825. The first-order chi connectivity index (χ1) is 4.43. The third-order valence-corrected chi connectivity index (χ3v) is 0.825. The van der Waals surface area contributed by atoms with Gasteiger partial charge < -0.3 is 0 Å². The van der Waals surface area contributed by atoms with Crippen LogP contribution in [0.25, 0.3) is 0 Å². The van der Waals surface area contributed by atoms with E-state index in [1.165, 1.54) is 0 Å². The molecule has 0 amide bonds. The van der Waals surface area contributed by atoms with Crippen molar-refractivity contribution in [3.05, 3.63) is 29.3 Å². The van der Waals surface area contributed by atoms with Crippen molar-refractivity contribution >= 4 is 5.82 Å². The molecule has 0 aromatic carbocycles. The van der Waals surface area contributed by atoms with E-state index in [2.05, 4.69) is 15.7 Å². The van der Waals surface area contributed by atoms with Crippen LogP contribution < -0.4 is 35.0 Å². The van der Waals surface area contributed by atoms with Gasteiger partial charge in [-0.05, 0) is 12.1 Å². The van der Waals surface area contributed by atoms with Crippen LogP contribution in [0.5, 0.6) is 0 Å². The second-order valence-corrected chi connectivity index (χ2v) is 1.42. The zero-order valence-corrected chi connectivity index (χ0v) is 7.61. The van der Waals surface area contributed by atoms with E-state index in [0.717, 1.165) is 0 Å². The van der Waals surface area contributed by atoms with Crippen LogP contribution in [-0.2, 0) is 0 Å². The number of nitrogens with zero attached hydrogens (tertiary/aromatic N) is 2. The summed E-state index contributed by atoms with van der Waals surface area (Å²) in [5.74, 6) is 0.465. The Morgan fingerprint density at radius 2 is 2.30 bits per heavy atom. The molecule has 0 radical (unpaired) electrons. The Bertz CT molecular complexity index is 191. The van der Waals surface area contributed by atoms with Gasteiger partial charge in [0.1, 0.15) is 5.82 Å². The molecule has 10 heavy (non-hydrogen) atoms. The molecule has 0 saturated heterocycles. The van der Waals surface area contributed by atoms with Gasteiger partial charge in [-0.3, -0.25) is 0 Å². The van der Waals surface area contributed by atoms with Crippen LogP contribution in [0.2, 0.25) is 0 Å². The minimum Gasteiger partial charge on any atom is -0.238 e. The van der Waals surface area contributed by atoms with Crippen LogP contribution in [-0.4, -0.2) is 4.98 Å². The van der Waals surface area contributed by atoms with Gasteiger partial charge in [0.25, 0.3) is 0 Å². The second kappa shape index (κ2) is 5.34. The summed E-state index contributed by atoms with van der Waals surface area (Å²) >= 11 is 0. The molecule has 4 nitrogen and oxygen atoms in total. The van der Waals surface area contributed by atoms with E-state index in [1.54, 1.807) is 24.4 Å². The summed E-state index contributed by atoms with van der Waals surface area (Å²) in [5.41, 5.74) is 2.17. The average Bonchev–Trinajstić information content (AvgIpc) is 1.91. The molecule has 1 aromatic heterocycles. The van der Waals surface area contributed by atoms with Crippen molar-refractivity contribution in [1.29, 1.82) is 0 Å². The van der Waals surface area contributed by atoms with Crippen LogP contribution in [0.4, 0.5) is 5.82 Å². The first-order valence-electron chi connectivity index (χ1n) is 2.43. The summed E-state index contributed by atoms with van der Waals surface area (Å²) in [7, 11) is 0. The van der Waals surface area contributed by atoms with E-state index in [0.29, 0.717) is 5.82 Å². The molecule has 5 heteroatoms. The van der Waals surface area contributed by atoms with Gasteiger partial charge >= 0.3 is 29.6 Å². The normalized spacial score (nSPS) is 7.60. The van der Waals surface area contributed by atoms with E-state index in [4.69, 9.17) is 0 Å². The summed E-state index contributed by atoms with van der Waals surface area (Å²) in [4.78, 5) is 13.3. The first-order valence-corrected chi connectivity index (χ1v) is 2.43. The summed E-state index contributed by atoms with van der Waals surface area (Å²) < 4.78 is 0. The van der Waals surface area contributed by atoms with Gasteiger partial charge in [0, 0.05) is 6.20 Å². The largest absolute Gasteiger partial charge is 1.00 e. The van der Waals surface area contributed by atoms with Crippen LogP contribution in [0, 0.1) is 4.91 Å². The van der Waals surface area contributed by atoms with Gasteiger partial charge in [-0.2, -0.15) is 0 Å². The van der Waals surface area contributed by atoms with E-state index >= 15 is 0 Å². The fourth-order valence-electron chi connectivity index (χ4n) is 0.476. The quantitative estimate of drug-likeness (QED) is 0.303. The van der Waals surface area contributed by atoms with Crippen molar-refractivity contribution < 1.29 is 29.6 Å². The summed E-state index contributed by atoms with van der Waals surface area (Å²) in [6.45, 7) is 0. The zero-order chi connectivity index (χ0) is 6.53. The molecule has 0 fully saturated rings. The Balaban J connectivity index is 0.000000810. The Hall–Kier alpha value is -0.450. The number of rotatable bonds is 2. The Morgan fingerprint density at radius 1 is 1.50 bits per heavy atom. The van der Waals surface area contributed by atoms with Gasteiger partial charge in [0.2, 0.25) is 0 Å². The molecule has 0 saturated carbocycles. The van der Waals surface area contributed by atoms with Crippen LogP contribution in [0.3, 0.4) is 0 Å². The molecule has 1 heterocycles. The molecular weight excluding hydrogens is 141 g/mol. The van der Waals surface area contributed by atoms with Crippen LogP contribution >= 0.6 is 0 Å². The molecule has 0 unspecified atom stereocenters. The molecule has 1 aromatic rings. The maximum Gasteiger partial charge on any atom is 1.00 e. The maximum atomic E-state index is 9.57. The zero-order valence-electron chi connectivity index (χ0n) is 5.61. The number of aromatic nitrogens is 1. The Morgan fingerprint density at radius 3 is 2.80 bits per heavy atom. The van der Waals surface area contributed by atoms with E-state index in [-0.39, 0.29) is 29.6 Å². The minimum atomic E-state index is 0. The first kappa shape index (κ1) is 9.55. The topological polar surface area (TPSA) is 54.4 Å². The van der Waals surface area contributed by atoms with E-state index in [9.17, 15) is 4.91 Å². The number of nitrogens with one attached hydrogen (secondary N) is 1. The number of anilines is 1. The fourth-order valence-corrected chi connectivity index (χ4v) is 0.476. The molecule has 0 aliphatic carbocycles. The van der Waals surface area contributed by atoms with Crippen LogP contribution in [0.1, 0.15) is 0 Å². The monoisotopic (exact) mass is 146 g/mol. The second-order valence-electron chi connectivity index (χ2n) is 1.42. The van der Waals surface area contributed by atoms with Crippen molar-refractivity contribution in [3.8, 4) is 0 Å². The SMILES string of the molecule is O=NNc1ccccn1.[Na+]. The molecule has 0 atom stereocenters. The minimum absolute atomic E-state index is 0. The molecular formula is C5H5N3NaO+. The van der Waals surface area contributed by atoms with Crippen molar-refractivity contribution in [3.63, 3.8) is 0 Å². The number of hydrogen-bond acceptors (Lipinski definition) is 3. The number of pyridine rings is 1. The Kier molecular flexibility index (Phi) is 5.10. The van der Waals surface area contributed by atoms with Gasteiger partial charge in [0.05, 0.1) is 5.29 Å². The molecule has 0 aliphatic heterocycles. The van der Waals surface area contributed by atoms with Crippen LogP contribution in [0.15, 0.2) is 29.7 Å². The molecule has 46 valence electrons. The molecule has 1 N–H and O–H groups in total. The summed E-state index contributed by atoms with van der Waals surface area (Å²) in [5, 5.41) is 2.44. The predicted molar refractivity (Wildman–Crippen MR) is 33.7 cm³/mol.